The van der Waals surface area contributed by atoms with E-state index in [1.165, 1.54) is 21.8 Å². The topological polar surface area (TPSA) is 92.7 Å². The Bertz CT molecular complexity index is 716. The quantitative estimate of drug-likeness (QED) is 0.802. The molecule has 0 bridgehead atoms. The maximum atomic E-state index is 11.8. The summed E-state index contributed by atoms with van der Waals surface area (Å²) in [5.41, 5.74) is 0.865. The number of ether oxygens (including phenoxy) is 1. The zero-order chi connectivity index (χ0) is 17.3. The molecule has 0 unspecified atom stereocenters. The summed E-state index contributed by atoms with van der Waals surface area (Å²) >= 11 is 0. The van der Waals surface area contributed by atoms with Gasteiger partial charge in [-0.1, -0.05) is 0 Å². The maximum absolute atomic E-state index is 11.8. The average Bonchev–Trinajstić information content (AvgIpc) is 2.86. The van der Waals surface area contributed by atoms with Crippen molar-refractivity contribution < 1.29 is 17.9 Å². The molecule has 2 saturated heterocycles. The van der Waals surface area contributed by atoms with Crippen molar-refractivity contribution in [1.29, 1.82) is 0 Å². The predicted molar refractivity (Wildman–Crippen MR) is 88.2 cm³/mol. The number of nitrogens with zero attached hydrogens (tertiary/aromatic N) is 4. The number of hydrogen-bond acceptors (Lipinski definition) is 6. The number of hydrogen-bond donors (Lipinski definition) is 0. The fourth-order valence-corrected chi connectivity index (χ4v) is 4.08. The SMILES string of the molecule is C[C@H]1COC(=O)N1c1cc(CC2CCN(S(C)(=O)=O)CC2)ncn1. The molecule has 132 valence electrons. The smallest absolute Gasteiger partial charge is 0.415 e. The summed E-state index contributed by atoms with van der Waals surface area (Å²) < 4.78 is 29.7. The van der Waals surface area contributed by atoms with E-state index in [4.69, 9.17) is 4.74 Å². The average molecular weight is 354 g/mol. The number of anilines is 1. The first-order chi connectivity index (χ1) is 11.3. The van der Waals surface area contributed by atoms with Crippen molar-refractivity contribution in [3.63, 3.8) is 0 Å². The van der Waals surface area contributed by atoms with Gasteiger partial charge in [0.25, 0.3) is 0 Å². The number of aromatic nitrogens is 2. The first-order valence-corrected chi connectivity index (χ1v) is 9.91. The summed E-state index contributed by atoms with van der Waals surface area (Å²) in [7, 11) is -3.10. The van der Waals surface area contributed by atoms with Gasteiger partial charge in [0.1, 0.15) is 18.8 Å². The van der Waals surface area contributed by atoms with Gasteiger partial charge in [-0.05, 0) is 32.1 Å². The molecular weight excluding hydrogens is 332 g/mol. The van der Waals surface area contributed by atoms with Crippen LogP contribution in [-0.2, 0) is 21.2 Å². The van der Waals surface area contributed by atoms with Crippen LogP contribution in [0.25, 0.3) is 0 Å². The third kappa shape index (κ3) is 3.67. The van der Waals surface area contributed by atoms with Crippen LogP contribution < -0.4 is 4.90 Å². The minimum Gasteiger partial charge on any atom is -0.447 e. The van der Waals surface area contributed by atoms with Crippen LogP contribution in [0.15, 0.2) is 12.4 Å². The van der Waals surface area contributed by atoms with Crippen LogP contribution in [0.4, 0.5) is 10.6 Å². The van der Waals surface area contributed by atoms with E-state index in [9.17, 15) is 13.2 Å². The number of amides is 1. The highest BCUT2D eigenvalue weighted by molar-refractivity contribution is 7.88. The van der Waals surface area contributed by atoms with E-state index in [0.717, 1.165) is 25.0 Å². The number of sulfonamides is 1. The van der Waals surface area contributed by atoms with E-state index >= 15 is 0 Å². The summed E-state index contributed by atoms with van der Waals surface area (Å²) in [6.45, 7) is 3.38. The molecule has 3 heterocycles. The van der Waals surface area contributed by atoms with Crippen LogP contribution >= 0.6 is 0 Å². The molecule has 24 heavy (non-hydrogen) atoms. The van der Waals surface area contributed by atoms with Crippen LogP contribution in [0.2, 0.25) is 0 Å². The standard InChI is InChI=1S/C15H22N4O4S/c1-11-9-23-15(20)19(11)14-8-13(16-10-17-14)7-12-3-5-18(6-4-12)24(2,21)22/h8,10-12H,3-7,9H2,1-2H3/t11-/m0/s1. The zero-order valence-electron chi connectivity index (χ0n) is 13.9. The molecule has 1 aromatic rings. The molecule has 0 saturated carbocycles. The van der Waals surface area contributed by atoms with E-state index in [0.29, 0.717) is 31.4 Å². The summed E-state index contributed by atoms with van der Waals surface area (Å²) in [6, 6.07) is 1.78. The Morgan fingerprint density at radius 1 is 1.29 bits per heavy atom. The first kappa shape index (κ1) is 17.1. The lowest BCUT2D eigenvalue weighted by molar-refractivity contribution is 0.179. The minimum absolute atomic E-state index is 0.0433. The van der Waals surface area contributed by atoms with Gasteiger partial charge in [0.15, 0.2) is 0 Å². The molecule has 0 aliphatic carbocycles. The minimum atomic E-state index is -3.10. The lowest BCUT2D eigenvalue weighted by atomic mass is 9.93. The Morgan fingerprint density at radius 3 is 2.58 bits per heavy atom. The van der Waals surface area contributed by atoms with Crippen LogP contribution in [0, 0.1) is 5.92 Å². The largest absolute Gasteiger partial charge is 0.447 e. The van der Waals surface area contributed by atoms with Crippen molar-refractivity contribution in [2.24, 2.45) is 5.92 Å². The fourth-order valence-electron chi connectivity index (χ4n) is 3.21. The van der Waals surface area contributed by atoms with Crippen LogP contribution in [0.1, 0.15) is 25.5 Å². The van der Waals surface area contributed by atoms with Gasteiger partial charge in [-0.3, -0.25) is 4.90 Å². The summed E-state index contributed by atoms with van der Waals surface area (Å²) in [6.07, 6.45) is 4.72. The van der Waals surface area contributed by atoms with Gasteiger partial charge in [0.05, 0.1) is 12.3 Å². The van der Waals surface area contributed by atoms with Gasteiger partial charge >= 0.3 is 6.09 Å². The van der Waals surface area contributed by atoms with Crippen molar-refractivity contribution in [2.75, 3.05) is 30.9 Å². The van der Waals surface area contributed by atoms with E-state index in [1.807, 2.05) is 13.0 Å². The molecular formula is C15H22N4O4S. The molecule has 0 radical (unpaired) electrons. The Morgan fingerprint density at radius 2 is 2.00 bits per heavy atom. The molecule has 9 heteroatoms. The molecule has 0 N–H and O–H groups in total. The van der Waals surface area contributed by atoms with E-state index < -0.39 is 10.0 Å². The van der Waals surface area contributed by atoms with Gasteiger partial charge in [0.2, 0.25) is 10.0 Å². The number of carbonyl (C=O) groups is 1. The molecule has 1 aromatic heterocycles. The van der Waals surface area contributed by atoms with Crippen molar-refractivity contribution in [1.82, 2.24) is 14.3 Å². The summed E-state index contributed by atoms with van der Waals surface area (Å²) in [5.74, 6) is 0.942. The maximum Gasteiger partial charge on any atom is 0.415 e. The molecule has 2 aliphatic heterocycles. The zero-order valence-corrected chi connectivity index (χ0v) is 14.7. The monoisotopic (exact) mass is 354 g/mol. The van der Waals surface area contributed by atoms with Gasteiger partial charge in [-0.25, -0.2) is 27.5 Å². The van der Waals surface area contributed by atoms with E-state index in [-0.39, 0.29) is 12.1 Å². The van der Waals surface area contributed by atoms with E-state index in [2.05, 4.69) is 9.97 Å². The van der Waals surface area contributed by atoms with Gasteiger partial charge < -0.3 is 4.74 Å². The Balaban J connectivity index is 1.65. The number of rotatable bonds is 4. The van der Waals surface area contributed by atoms with Gasteiger partial charge in [-0.15, -0.1) is 0 Å². The molecule has 0 spiro atoms. The summed E-state index contributed by atoms with van der Waals surface area (Å²) in [4.78, 5) is 21.8. The second-order valence-corrected chi connectivity index (χ2v) is 8.46. The van der Waals surface area contributed by atoms with Gasteiger partial charge in [-0.2, -0.15) is 0 Å². The lowest BCUT2D eigenvalue weighted by Gasteiger charge is -2.30. The van der Waals surface area contributed by atoms with Crippen molar-refractivity contribution in [3.05, 3.63) is 18.1 Å². The number of cyclic esters (lactones) is 1. The second kappa shape index (κ2) is 6.64. The molecule has 1 atom stereocenters. The third-order valence-corrected chi connectivity index (χ3v) is 5.89. The highest BCUT2D eigenvalue weighted by Gasteiger charge is 2.32. The summed E-state index contributed by atoms with van der Waals surface area (Å²) in [5, 5.41) is 0. The Kier molecular flexibility index (Phi) is 4.73. The Labute approximate surface area is 141 Å². The highest BCUT2D eigenvalue weighted by Crippen LogP contribution is 2.25. The van der Waals surface area contributed by atoms with Crippen molar-refractivity contribution in [3.8, 4) is 0 Å². The van der Waals surface area contributed by atoms with Crippen LogP contribution in [0.5, 0.6) is 0 Å². The molecule has 0 aromatic carbocycles. The normalized spacial score (nSPS) is 23.5. The third-order valence-electron chi connectivity index (χ3n) is 4.58. The van der Waals surface area contributed by atoms with E-state index in [1.54, 1.807) is 0 Å². The van der Waals surface area contributed by atoms with Crippen molar-refractivity contribution in [2.45, 2.75) is 32.2 Å². The fraction of sp³-hybridized carbons (Fsp3) is 0.667. The molecule has 2 fully saturated rings. The van der Waals surface area contributed by atoms with Crippen molar-refractivity contribution >= 4 is 21.9 Å². The highest BCUT2D eigenvalue weighted by atomic mass is 32.2. The second-order valence-electron chi connectivity index (χ2n) is 6.47. The first-order valence-electron chi connectivity index (χ1n) is 8.06. The molecule has 1 amide bonds. The van der Waals surface area contributed by atoms with Crippen LogP contribution in [-0.4, -0.2) is 60.8 Å². The molecule has 2 aliphatic rings. The number of carbonyl (C=O) groups excluding carboxylic acids is 1. The Hall–Kier alpha value is -1.74. The van der Waals surface area contributed by atoms with Gasteiger partial charge in [0, 0.05) is 24.8 Å². The molecule has 8 nitrogen and oxygen atoms in total. The van der Waals surface area contributed by atoms with Crippen LogP contribution in [0.3, 0.4) is 0 Å². The molecule has 3 rings (SSSR count). The lowest BCUT2D eigenvalue weighted by Crippen LogP contribution is -2.38. The number of piperidine rings is 1. The predicted octanol–water partition coefficient (Wildman–Crippen LogP) is 1.04.